The summed E-state index contributed by atoms with van der Waals surface area (Å²) >= 11 is 0. The summed E-state index contributed by atoms with van der Waals surface area (Å²) in [5.41, 5.74) is 0. The number of likely N-dealkylation sites (tertiary alicyclic amines) is 1. The number of alkyl halides is 3. The molecule has 0 amide bonds. The lowest BCUT2D eigenvalue weighted by atomic mass is 9.85. The van der Waals surface area contributed by atoms with Crippen LogP contribution in [0.5, 0.6) is 0 Å². The highest BCUT2D eigenvalue weighted by atomic mass is 19.4. The molecule has 0 bridgehead atoms. The number of nitrogens with zero attached hydrogens (tertiary/aromatic N) is 1. The van der Waals surface area contributed by atoms with E-state index in [2.05, 4.69) is 17.3 Å². The first-order chi connectivity index (χ1) is 8.95. The Morgan fingerprint density at radius 2 is 1.79 bits per heavy atom. The molecule has 2 aliphatic rings. The van der Waals surface area contributed by atoms with Crippen LogP contribution in [0.1, 0.15) is 38.5 Å². The third-order valence-electron chi connectivity index (χ3n) is 4.61. The monoisotopic (exact) mass is 278 g/mol. The Morgan fingerprint density at radius 3 is 2.37 bits per heavy atom. The van der Waals surface area contributed by atoms with Gasteiger partial charge in [-0.15, -0.1) is 0 Å². The molecule has 1 atom stereocenters. The molecule has 19 heavy (non-hydrogen) atoms. The van der Waals surface area contributed by atoms with Crippen molar-refractivity contribution >= 4 is 0 Å². The second-order valence-electron chi connectivity index (χ2n) is 6.27. The van der Waals surface area contributed by atoms with Gasteiger partial charge in [0.15, 0.2) is 0 Å². The molecule has 2 nitrogen and oxygen atoms in total. The van der Waals surface area contributed by atoms with Crippen LogP contribution in [0, 0.1) is 11.8 Å². The number of nitrogens with one attached hydrogen (secondary N) is 1. The molecule has 2 fully saturated rings. The highest BCUT2D eigenvalue weighted by molar-refractivity contribution is 4.82. The predicted molar refractivity (Wildman–Crippen MR) is 70.0 cm³/mol. The minimum absolute atomic E-state index is 0.297. The zero-order chi connectivity index (χ0) is 13.9. The Kier molecular flexibility index (Phi) is 5.12. The zero-order valence-electron chi connectivity index (χ0n) is 11.7. The lowest BCUT2D eigenvalue weighted by molar-refractivity contribution is -0.182. The van der Waals surface area contributed by atoms with Gasteiger partial charge in [0.2, 0.25) is 0 Å². The molecule has 5 heteroatoms. The maximum Gasteiger partial charge on any atom is 0.391 e. The second kappa shape index (κ2) is 6.44. The van der Waals surface area contributed by atoms with Crippen molar-refractivity contribution in [3.63, 3.8) is 0 Å². The van der Waals surface area contributed by atoms with Crippen LogP contribution < -0.4 is 5.32 Å². The molecule has 1 aliphatic heterocycles. The van der Waals surface area contributed by atoms with Crippen molar-refractivity contribution in [2.24, 2.45) is 11.8 Å². The summed E-state index contributed by atoms with van der Waals surface area (Å²) in [6, 6.07) is 0.297. The van der Waals surface area contributed by atoms with Crippen molar-refractivity contribution in [1.29, 1.82) is 0 Å². The maximum absolute atomic E-state index is 12.6. The summed E-state index contributed by atoms with van der Waals surface area (Å²) in [5.74, 6) is -0.398. The molecule has 1 saturated heterocycles. The summed E-state index contributed by atoms with van der Waals surface area (Å²) in [5, 5.41) is 3.49. The van der Waals surface area contributed by atoms with E-state index in [-0.39, 0.29) is 0 Å². The first-order valence-electron chi connectivity index (χ1n) is 7.44. The Hall–Kier alpha value is -0.290. The van der Waals surface area contributed by atoms with Gasteiger partial charge in [-0.3, -0.25) is 0 Å². The highest BCUT2D eigenvalue weighted by Crippen LogP contribution is 2.37. The smallest absolute Gasteiger partial charge is 0.314 e. The fourth-order valence-electron chi connectivity index (χ4n) is 3.40. The van der Waals surface area contributed by atoms with Crippen LogP contribution in [0.2, 0.25) is 0 Å². The van der Waals surface area contributed by atoms with Gasteiger partial charge in [-0.25, -0.2) is 0 Å². The van der Waals surface area contributed by atoms with E-state index >= 15 is 0 Å². The van der Waals surface area contributed by atoms with Crippen molar-refractivity contribution in [3.05, 3.63) is 0 Å². The van der Waals surface area contributed by atoms with Crippen molar-refractivity contribution < 1.29 is 13.2 Å². The lowest BCUT2D eigenvalue weighted by Crippen LogP contribution is -2.42. The molecule has 1 heterocycles. The molecule has 1 unspecified atom stereocenters. The van der Waals surface area contributed by atoms with Gasteiger partial charge in [0.25, 0.3) is 0 Å². The molecule has 1 saturated carbocycles. The molecule has 0 spiro atoms. The number of hydrogen-bond acceptors (Lipinski definition) is 2. The van der Waals surface area contributed by atoms with Gasteiger partial charge in [-0.05, 0) is 64.6 Å². The van der Waals surface area contributed by atoms with Crippen molar-refractivity contribution in [2.75, 3.05) is 26.7 Å². The average Bonchev–Trinajstić information content (AvgIpc) is 2.36. The van der Waals surface area contributed by atoms with Crippen LogP contribution in [-0.4, -0.2) is 43.8 Å². The molecule has 1 N–H and O–H groups in total. The van der Waals surface area contributed by atoms with E-state index in [1.807, 2.05) is 0 Å². The van der Waals surface area contributed by atoms with E-state index in [9.17, 15) is 13.2 Å². The third-order valence-corrected chi connectivity index (χ3v) is 4.61. The van der Waals surface area contributed by atoms with Crippen molar-refractivity contribution in [3.8, 4) is 0 Å². The summed E-state index contributed by atoms with van der Waals surface area (Å²) in [7, 11) is 2.14. The molecular formula is C14H25F3N2. The van der Waals surface area contributed by atoms with Gasteiger partial charge < -0.3 is 10.2 Å². The van der Waals surface area contributed by atoms with Gasteiger partial charge in [-0.1, -0.05) is 0 Å². The molecule has 112 valence electrons. The zero-order valence-corrected chi connectivity index (χ0v) is 11.7. The summed E-state index contributed by atoms with van der Waals surface area (Å²) in [4.78, 5) is 2.34. The minimum atomic E-state index is -3.99. The Balaban J connectivity index is 1.66. The highest BCUT2D eigenvalue weighted by Gasteiger charge is 2.41. The van der Waals surface area contributed by atoms with Crippen LogP contribution in [0.3, 0.4) is 0 Å². The molecule has 1 aliphatic carbocycles. The fraction of sp³-hybridized carbons (Fsp3) is 1.00. The number of piperidine rings is 1. The summed E-state index contributed by atoms with van der Waals surface area (Å²) < 4.78 is 37.7. The van der Waals surface area contributed by atoms with Crippen LogP contribution in [-0.2, 0) is 0 Å². The largest absolute Gasteiger partial charge is 0.391 e. The van der Waals surface area contributed by atoms with Crippen LogP contribution in [0.25, 0.3) is 0 Å². The van der Waals surface area contributed by atoms with E-state index in [1.165, 1.54) is 19.4 Å². The Morgan fingerprint density at radius 1 is 1.11 bits per heavy atom. The first-order valence-corrected chi connectivity index (χ1v) is 7.44. The maximum atomic E-state index is 12.6. The quantitative estimate of drug-likeness (QED) is 0.853. The average molecular weight is 278 g/mol. The van der Waals surface area contributed by atoms with E-state index in [1.54, 1.807) is 0 Å². The molecule has 0 aromatic heterocycles. The van der Waals surface area contributed by atoms with E-state index in [0.717, 1.165) is 13.1 Å². The van der Waals surface area contributed by atoms with Crippen LogP contribution in [0.15, 0.2) is 0 Å². The van der Waals surface area contributed by atoms with Gasteiger partial charge in [0, 0.05) is 12.6 Å². The fourth-order valence-corrected chi connectivity index (χ4v) is 3.40. The van der Waals surface area contributed by atoms with Crippen LogP contribution in [0.4, 0.5) is 13.2 Å². The Labute approximate surface area is 113 Å². The van der Waals surface area contributed by atoms with Crippen LogP contribution >= 0.6 is 0 Å². The van der Waals surface area contributed by atoms with E-state index in [0.29, 0.717) is 37.6 Å². The SMILES string of the molecule is CN1CCCC(CNC2CCC(C(F)(F)F)CC2)C1. The number of halogens is 3. The topological polar surface area (TPSA) is 15.3 Å². The molecule has 0 aromatic rings. The van der Waals surface area contributed by atoms with E-state index in [4.69, 9.17) is 0 Å². The van der Waals surface area contributed by atoms with Gasteiger partial charge in [-0.2, -0.15) is 13.2 Å². The summed E-state index contributed by atoms with van der Waals surface area (Å²) in [6.45, 7) is 3.25. The minimum Gasteiger partial charge on any atom is -0.314 e. The van der Waals surface area contributed by atoms with Crippen molar-refractivity contribution in [2.45, 2.75) is 50.7 Å². The van der Waals surface area contributed by atoms with Gasteiger partial charge in [0.05, 0.1) is 5.92 Å². The third kappa shape index (κ3) is 4.63. The predicted octanol–water partition coefficient (Wildman–Crippen LogP) is 3.04. The molecule has 0 aromatic carbocycles. The molecular weight excluding hydrogens is 253 g/mol. The summed E-state index contributed by atoms with van der Waals surface area (Å²) in [6.07, 6.45) is 0.437. The molecule has 0 radical (unpaired) electrons. The van der Waals surface area contributed by atoms with Crippen molar-refractivity contribution in [1.82, 2.24) is 10.2 Å². The Bertz CT molecular complexity index is 272. The number of hydrogen-bond donors (Lipinski definition) is 1. The first kappa shape index (κ1) is 15.1. The van der Waals surface area contributed by atoms with E-state index < -0.39 is 12.1 Å². The normalized spacial score (nSPS) is 34.4. The second-order valence-corrected chi connectivity index (χ2v) is 6.27. The van der Waals surface area contributed by atoms with Gasteiger partial charge >= 0.3 is 6.18 Å². The van der Waals surface area contributed by atoms with Gasteiger partial charge in [0.1, 0.15) is 0 Å². The standard InChI is InChI=1S/C14H25F3N2/c1-19-8-2-3-11(10-19)9-18-13-6-4-12(5-7-13)14(15,16)17/h11-13,18H,2-10H2,1H3. The lowest BCUT2D eigenvalue weighted by Gasteiger charge is -2.34. The molecule has 2 rings (SSSR count). The number of rotatable bonds is 3.